The van der Waals surface area contributed by atoms with Gasteiger partial charge < -0.3 is 14.2 Å². The van der Waals surface area contributed by atoms with Crippen LogP contribution in [0.1, 0.15) is 348 Å². The van der Waals surface area contributed by atoms with E-state index in [0.29, 0.717) is 19.3 Å². The lowest BCUT2D eigenvalue weighted by Crippen LogP contribution is -2.30. The molecule has 80 heavy (non-hydrogen) atoms. The highest BCUT2D eigenvalue weighted by molar-refractivity contribution is 5.71. The molecule has 0 amide bonds. The second-order valence-corrected chi connectivity index (χ2v) is 23.1. The summed E-state index contributed by atoms with van der Waals surface area (Å²) in [5.41, 5.74) is 0. The molecule has 0 aromatic rings. The SMILES string of the molecule is CC/C=C\C/C=C\C/C=C\C/C=C\C/C=C\C/C=C\C/C=C\CCCCCCCCCCCCCCCC(=O)OCC(COC(=O)CCCCCCCC)OC(=O)CCCCCCCCCCCCCCCCCCCCCCC. The number of hydrogen-bond acceptors (Lipinski definition) is 6. The van der Waals surface area contributed by atoms with Crippen LogP contribution >= 0.6 is 0 Å². The number of hydrogen-bond donors (Lipinski definition) is 0. The minimum Gasteiger partial charge on any atom is -0.462 e. The van der Waals surface area contributed by atoms with Gasteiger partial charge in [0.1, 0.15) is 13.2 Å². The van der Waals surface area contributed by atoms with E-state index in [2.05, 4.69) is 106 Å². The van der Waals surface area contributed by atoms with E-state index in [1.165, 1.54) is 205 Å². The number of esters is 3. The molecule has 6 heteroatoms. The van der Waals surface area contributed by atoms with Crippen LogP contribution in [-0.2, 0) is 28.6 Å². The number of unbranched alkanes of at least 4 members (excludes halogenated alkanes) is 38. The molecule has 0 aliphatic rings. The van der Waals surface area contributed by atoms with Gasteiger partial charge in [0.15, 0.2) is 6.10 Å². The van der Waals surface area contributed by atoms with E-state index in [1.807, 2.05) is 0 Å². The average Bonchev–Trinajstić information content (AvgIpc) is 3.46. The third-order valence-corrected chi connectivity index (χ3v) is 15.2. The third kappa shape index (κ3) is 65.4. The first-order valence-electron chi connectivity index (χ1n) is 34.6. The molecule has 6 nitrogen and oxygen atoms in total. The highest BCUT2D eigenvalue weighted by Crippen LogP contribution is 2.18. The molecule has 0 aromatic carbocycles. The molecule has 0 aromatic heterocycles. The van der Waals surface area contributed by atoms with Crippen molar-refractivity contribution >= 4 is 17.9 Å². The summed E-state index contributed by atoms with van der Waals surface area (Å²) in [7, 11) is 0. The van der Waals surface area contributed by atoms with Crippen molar-refractivity contribution in [2.45, 2.75) is 354 Å². The summed E-state index contributed by atoms with van der Waals surface area (Å²) < 4.78 is 16.8. The standard InChI is InChI=1S/C74H130O6/c1-4-7-10-13-16-18-20-22-24-26-28-30-31-32-33-34-35-36-37-38-39-40-41-42-43-45-46-48-50-52-54-56-58-61-64-67-73(76)79-70-71(69-78-72(75)66-63-60-15-12-9-6-3)80-74(77)68-65-62-59-57-55-53-51-49-47-44-29-27-25-23-21-19-17-14-11-8-5-2/h7,10,16,18,22,24,28,30,32-33,35-36,38-39,71H,4-6,8-9,11-15,17,19-21,23,25-27,29,31,34,37,40-70H2,1-3H3/b10-7-,18-16-,24-22-,30-28-,33-32-,36-35-,39-38-. The van der Waals surface area contributed by atoms with Crippen LogP contribution in [0.2, 0.25) is 0 Å². The van der Waals surface area contributed by atoms with E-state index in [1.54, 1.807) is 0 Å². The van der Waals surface area contributed by atoms with E-state index in [4.69, 9.17) is 14.2 Å². The lowest BCUT2D eigenvalue weighted by atomic mass is 10.0. The van der Waals surface area contributed by atoms with Crippen molar-refractivity contribution in [2.75, 3.05) is 13.2 Å². The maximum Gasteiger partial charge on any atom is 0.306 e. The molecule has 0 spiro atoms. The summed E-state index contributed by atoms with van der Waals surface area (Å²) in [6.45, 7) is 6.51. The highest BCUT2D eigenvalue weighted by Gasteiger charge is 2.19. The van der Waals surface area contributed by atoms with Gasteiger partial charge >= 0.3 is 17.9 Å². The summed E-state index contributed by atoms with van der Waals surface area (Å²) in [6, 6.07) is 0. The van der Waals surface area contributed by atoms with Gasteiger partial charge in [-0.3, -0.25) is 14.4 Å². The number of ether oxygens (including phenoxy) is 3. The Balaban J connectivity index is 4.00. The van der Waals surface area contributed by atoms with Crippen molar-refractivity contribution in [3.63, 3.8) is 0 Å². The minimum atomic E-state index is -0.770. The molecule has 0 N–H and O–H groups in total. The zero-order chi connectivity index (χ0) is 57.8. The summed E-state index contributed by atoms with van der Waals surface area (Å²) in [5.74, 6) is -0.864. The zero-order valence-electron chi connectivity index (χ0n) is 53.1. The van der Waals surface area contributed by atoms with Gasteiger partial charge in [0.05, 0.1) is 0 Å². The van der Waals surface area contributed by atoms with Crippen molar-refractivity contribution in [3.05, 3.63) is 85.1 Å². The van der Waals surface area contributed by atoms with Crippen LogP contribution in [0.4, 0.5) is 0 Å². The van der Waals surface area contributed by atoms with E-state index < -0.39 is 6.10 Å². The van der Waals surface area contributed by atoms with Gasteiger partial charge in [0.25, 0.3) is 0 Å². The number of allylic oxidation sites excluding steroid dienone is 14. The molecule has 0 saturated heterocycles. The van der Waals surface area contributed by atoms with Crippen LogP contribution in [-0.4, -0.2) is 37.2 Å². The zero-order valence-corrected chi connectivity index (χ0v) is 53.1. The van der Waals surface area contributed by atoms with Gasteiger partial charge in [-0.05, 0) is 77.0 Å². The Morgan fingerprint density at radius 2 is 0.487 bits per heavy atom. The molecular weight excluding hydrogens is 985 g/mol. The van der Waals surface area contributed by atoms with Gasteiger partial charge in [0.2, 0.25) is 0 Å². The molecule has 0 aliphatic heterocycles. The summed E-state index contributed by atoms with van der Waals surface area (Å²) in [6.07, 6.45) is 90.8. The second kappa shape index (κ2) is 68.1. The van der Waals surface area contributed by atoms with E-state index in [-0.39, 0.29) is 31.1 Å². The fourth-order valence-electron chi connectivity index (χ4n) is 10.0. The maximum atomic E-state index is 12.9. The normalized spacial score (nSPS) is 12.6. The largest absolute Gasteiger partial charge is 0.462 e. The number of carbonyl (C=O) groups is 3. The number of carbonyl (C=O) groups excluding carboxylic acids is 3. The summed E-state index contributed by atoms with van der Waals surface area (Å²) >= 11 is 0. The van der Waals surface area contributed by atoms with Crippen molar-refractivity contribution in [1.29, 1.82) is 0 Å². The predicted octanol–water partition coefficient (Wildman–Crippen LogP) is 23.8. The van der Waals surface area contributed by atoms with Gasteiger partial charge in [-0.25, -0.2) is 0 Å². The third-order valence-electron chi connectivity index (χ3n) is 15.2. The first-order valence-corrected chi connectivity index (χ1v) is 34.6. The van der Waals surface area contributed by atoms with Crippen LogP contribution < -0.4 is 0 Å². The Hall–Kier alpha value is -3.41. The van der Waals surface area contributed by atoms with E-state index >= 15 is 0 Å². The molecule has 0 rings (SSSR count). The lowest BCUT2D eigenvalue weighted by Gasteiger charge is -2.18. The van der Waals surface area contributed by atoms with Gasteiger partial charge in [0, 0.05) is 19.3 Å². The summed E-state index contributed by atoms with van der Waals surface area (Å²) in [4.78, 5) is 38.1. The second-order valence-electron chi connectivity index (χ2n) is 23.1. The fraction of sp³-hybridized carbons (Fsp3) is 0.770. The molecule has 0 saturated carbocycles. The Labute approximate surface area is 496 Å². The van der Waals surface area contributed by atoms with Gasteiger partial charge in [-0.15, -0.1) is 0 Å². The molecule has 462 valence electrons. The van der Waals surface area contributed by atoms with Crippen LogP contribution in [0.15, 0.2) is 85.1 Å². The van der Waals surface area contributed by atoms with Gasteiger partial charge in [-0.1, -0.05) is 337 Å². The minimum absolute atomic E-state index is 0.0713. The van der Waals surface area contributed by atoms with Crippen LogP contribution in [0.25, 0.3) is 0 Å². The molecule has 1 atom stereocenters. The Bertz CT molecular complexity index is 1520. The molecule has 0 heterocycles. The smallest absolute Gasteiger partial charge is 0.306 e. The Morgan fingerprint density at radius 1 is 0.263 bits per heavy atom. The Kier molecular flexibility index (Phi) is 65.2. The van der Waals surface area contributed by atoms with Crippen molar-refractivity contribution < 1.29 is 28.6 Å². The van der Waals surface area contributed by atoms with Crippen LogP contribution in [0.5, 0.6) is 0 Å². The van der Waals surface area contributed by atoms with Crippen molar-refractivity contribution in [2.24, 2.45) is 0 Å². The Morgan fingerprint density at radius 3 is 0.762 bits per heavy atom. The van der Waals surface area contributed by atoms with Crippen LogP contribution in [0, 0.1) is 0 Å². The van der Waals surface area contributed by atoms with Gasteiger partial charge in [-0.2, -0.15) is 0 Å². The van der Waals surface area contributed by atoms with E-state index in [0.717, 1.165) is 103 Å². The molecule has 0 radical (unpaired) electrons. The first-order chi connectivity index (χ1) is 39.5. The van der Waals surface area contributed by atoms with Crippen molar-refractivity contribution in [1.82, 2.24) is 0 Å². The summed E-state index contributed by atoms with van der Waals surface area (Å²) in [5, 5.41) is 0. The lowest BCUT2D eigenvalue weighted by molar-refractivity contribution is -0.167. The monoisotopic (exact) mass is 1110 g/mol. The average molecular weight is 1120 g/mol. The maximum absolute atomic E-state index is 12.9. The molecular formula is C74H130O6. The number of rotatable bonds is 63. The molecule has 0 fully saturated rings. The van der Waals surface area contributed by atoms with E-state index in [9.17, 15) is 14.4 Å². The highest BCUT2D eigenvalue weighted by atomic mass is 16.6. The quantitative estimate of drug-likeness (QED) is 0.0261. The van der Waals surface area contributed by atoms with Crippen molar-refractivity contribution in [3.8, 4) is 0 Å². The topological polar surface area (TPSA) is 78.9 Å². The van der Waals surface area contributed by atoms with Crippen LogP contribution in [0.3, 0.4) is 0 Å². The molecule has 0 bridgehead atoms. The fourth-order valence-corrected chi connectivity index (χ4v) is 10.0. The predicted molar refractivity (Wildman–Crippen MR) is 348 cm³/mol. The molecule has 1 unspecified atom stereocenters. The first kappa shape index (κ1) is 76.6. The molecule has 0 aliphatic carbocycles.